The van der Waals surface area contributed by atoms with Crippen LogP contribution in [0.15, 0.2) is 28.7 Å². The largest absolute Gasteiger partial charge is 0.461 e. The number of rotatable bonds is 7. The normalized spacial score (nSPS) is 16.7. The fourth-order valence-corrected chi connectivity index (χ4v) is 3.85. The Bertz CT molecular complexity index is 747. The van der Waals surface area contributed by atoms with E-state index in [1.807, 2.05) is 30.1 Å². The molecule has 1 saturated heterocycles. The number of carbonyl (C=O) groups is 1. The SMILES string of the molecule is CCCCc1oc2ccccc2c1CN(C)C(=O)C1(OC)CCNCC1. The van der Waals surface area contributed by atoms with Gasteiger partial charge in [-0.15, -0.1) is 0 Å². The van der Waals surface area contributed by atoms with Crippen LogP contribution >= 0.6 is 0 Å². The second-order valence-electron chi connectivity index (χ2n) is 7.21. The first-order valence-corrected chi connectivity index (χ1v) is 9.62. The highest BCUT2D eigenvalue weighted by molar-refractivity contribution is 5.87. The summed E-state index contributed by atoms with van der Waals surface area (Å²) >= 11 is 0. The summed E-state index contributed by atoms with van der Waals surface area (Å²) in [5, 5.41) is 4.41. The van der Waals surface area contributed by atoms with Gasteiger partial charge in [0, 0.05) is 38.1 Å². The lowest BCUT2D eigenvalue weighted by Crippen LogP contribution is -2.54. The molecule has 1 aromatic carbocycles. The number of unbranched alkanes of at least 4 members (excludes halogenated alkanes) is 1. The van der Waals surface area contributed by atoms with Crippen molar-refractivity contribution in [3.63, 3.8) is 0 Å². The molecule has 1 fully saturated rings. The van der Waals surface area contributed by atoms with Crippen LogP contribution < -0.4 is 5.32 Å². The molecule has 142 valence electrons. The average molecular weight is 358 g/mol. The molecule has 1 aliphatic rings. The van der Waals surface area contributed by atoms with E-state index in [2.05, 4.69) is 18.3 Å². The Balaban J connectivity index is 1.86. The number of piperidine rings is 1. The molecule has 1 aliphatic heterocycles. The minimum absolute atomic E-state index is 0.0632. The Kier molecular flexibility index (Phi) is 5.99. The second-order valence-corrected chi connectivity index (χ2v) is 7.21. The fraction of sp³-hybridized carbons (Fsp3) is 0.571. The maximum Gasteiger partial charge on any atom is 0.254 e. The topological polar surface area (TPSA) is 54.7 Å². The number of furan rings is 1. The van der Waals surface area contributed by atoms with Gasteiger partial charge in [-0.05, 0) is 38.4 Å². The second kappa shape index (κ2) is 8.23. The van der Waals surface area contributed by atoms with Crippen LogP contribution in [0.25, 0.3) is 11.0 Å². The van der Waals surface area contributed by atoms with E-state index in [1.54, 1.807) is 7.11 Å². The molecular weight excluding hydrogens is 328 g/mol. The quantitative estimate of drug-likeness (QED) is 0.823. The van der Waals surface area contributed by atoms with E-state index in [1.165, 1.54) is 0 Å². The number of para-hydroxylation sites is 1. The number of hydrogen-bond donors (Lipinski definition) is 1. The van der Waals surface area contributed by atoms with Crippen LogP contribution in [0.4, 0.5) is 0 Å². The number of amides is 1. The summed E-state index contributed by atoms with van der Waals surface area (Å²) in [5.74, 6) is 1.07. The summed E-state index contributed by atoms with van der Waals surface area (Å²) in [5.41, 5.74) is 1.33. The van der Waals surface area contributed by atoms with Crippen molar-refractivity contribution >= 4 is 16.9 Å². The van der Waals surface area contributed by atoms with Gasteiger partial charge in [-0.2, -0.15) is 0 Å². The Morgan fingerprint density at radius 3 is 2.73 bits per heavy atom. The molecule has 0 atom stereocenters. The zero-order valence-electron chi connectivity index (χ0n) is 16.1. The highest BCUT2D eigenvalue weighted by Gasteiger charge is 2.41. The molecule has 2 heterocycles. The summed E-state index contributed by atoms with van der Waals surface area (Å²) in [4.78, 5) is 15.0. The van der Waals surface area contributed by atoms with Crippen molar-refractivity contribution in [1.82, 2.24) is 10.2 Å². The Labute approximate surface area is 155 Å². The molecule has 5 nitrogen and oxygen atoms in total. The molecule has 0 unspecified atom stereocenters. The summed E-state index contributed by atoms with van der Waals surface area (Å²) in [7, 11) is 3.52. The minimum atomic E-state index is -0.705. The number of nitrogens with zero attached hydrogens (tertiary/aromatic N) is 1. The average Bonchev–Trinajstić information content (AvgIpc) is 3.03. The van der Waals surface area contributed by atoms with Crippen molar-refractivity contribution in [2.24, 2.45) is 0 Å². The van der Waals surface area contributed by atoms with E-state index in [0.29, 0.717) is 19.4 Å². The number of carbonyl (C=O) groups excluding carboxylic acids is 1. The first-order chi connectivity index (χ1) is 12.6. The van der Waals surface area contributed by atoms with Crippen molar-refractivity contribution < 1.29 is 13.9 Å². The zero-order chi connectivity index (χ0) is 18.6. The number of likely N-dealkylation sites (N-methyl/N-ethyl adjacent to an activating group) is 1. The van der Waals surface area contributed by atoms with E-state index in [9.17, 15) is 4.79 Å². The van der Waals surface area contributed by atoms with E-state index in [0.717, 1.165) is 54.6 Å². The smallest absolute Gasteiger partial charge is 0.254 e. The van der Waals surface area contributed by atoms with Crippen LogP contribution in [-0.4, -0.2) is 43.7 Å². The number of methoxy groups -OCH3 is 1. The molecule has 0 radical (unpaired) electrons. The number of ether oxygens (including phenoxy) is 1. The van der Waals surface area contributed by atoms with Crippen LogP contribution in [0.2, 0.25) is 0 Å². The van der Waals surface area contributed by atoms with Gasteiger partial charge in [0.25, 0.3) is 5.91 Å². The highest BCUT2D eigenvalue weighted by Crippen LogP contribution is 2.30. The van der Waals surface area contributed by atoms with Gasteiger partial charge < -0.3 is 19.4 Å². The van der Waals surface area contributed by atoms with Gasteiger partial charge in [0.05, 0.1) is 0 Å². The van der Waals surface area contributed by atoms with Gasteiger partial charge in [0.15, 0.2) is 0 Å². The molecular formula is C21H30N2O3. The number of benzene rings is 1. The number of nitrogens with one attached hydrogen (secondary N) is 1. The van der Waals surface area contributed by atoms with Gasteiger partial charge in [-0.25, -0.2) is 0 Å². The molecule has 2 aromatic rings. The lowest BCUT2D eigenvalue weighted by molar-refractivity contribution is -0.157. The lowest BCUT2D eigenvalue weighted by Gasteiger charge is -2.37. The van der Waals surface area contributed by atoms with Gasteiger partial charge in [-0.3, -0.25) is 4.79 Å². The fourth-order valence-electron chi connectivity index (χ4n) is 3.85. The Morgan fingerprint density at radius 1 is 1.31 bits per heavy atom. The number of hydrogen-bond acceptors (Lipinski definition) is 4. The predicted molar refractivity (Wildman–Crippen MR) is 103 cm³/mol. The van der Waals surface area contributed by atoms with E-state index >= 15 is 0 Å². The molecule has 0 spiro atoms. The number of aryl methyl sites for hydroxylation is 1. The minimum Gasteiger partial charge on any atom is -0.461 e. The van der Waals surface area contributed by atoms with E-state index in [4.69, 9.17) is 9.15 Å². The first kappa shape index (κ1) is 18.9. The summed E-state index contributed by atoms with van der Waals surface area (Å²) in [6.45, 7) is 4.35. The Hall–Kier alpha value is -1.85. The molecule has 0 aliphatic carbocycles. The van der Waals surface area contributed by atoms with Gasteiger partial charge in [0.1, 0.15) is 16.9 Å². The van der Waals surface area contributed by atoms with Crippen molar-refractivity contribution in [2.75, 3.05) is 27.2 Å². The lowest BCUT2D eigenvalue weighted by atomic mass is 9.90. The zero-order valence-corrected chi connectivity index (χ0v) is 16.1. The maximum atomic E-state index is 13.2. The van der Waals surface area contributed by atoms with Crippen molar-refractivity contribution in [3.8, 4) is 0 Å². The van der Waals surface area contributed by atoms with Crippen molar-refractivity contribution in [3.05, 3.63) is 35.6 Å². The predicted octanol–water partition coefficient (Wildman–Crippen LogP) is 3.50. The molecule has 0 saturated carbocycles. The third-order valence-corrected chi connectivity index (χ3v) is 5.47. The molecule has 3 rings (SSSR count). The van der Waals surface area contributed by atoms with Crippen LogP contribution in [0.5, 0.6) is 0 Å². The summed E-state index contributed by atoms with van der Waals surface area (Å²) in [6, 6.07) is 8.09. The van der Waals surface area contributed by atoms with Gasteiger partial charge in [-0.1, -0.05) is 31.5 Å². The standard InChI is InChI=1S/C21H30N2O3/c1-4-5-9-19-17(16-8-6-7-10-18(16)26-19)15-23(2)20(24)21(25-3)11-13-22-14-12-21/h6-8,10,22H,4-5,9,11-15H2,1-3H3. The third kappa shape index (κ3) is 3.64. The molecule has 1 amide bonds. The van der Waals surface area contributed by atoms with Crippen LogP contribution in [0, 0.1) is 0 Å². The third-order valence-electron chi connectivity index (χ3n) is 5.47. The van der Waals surface area contributed by atoms with E-state index < -0.39 is 5.60 Å². The van der Waals surface area contributed by atoms with Crippen molar-refractivity contribution in [1.29, 1.82) is 0 Å². The molecule has 5 heteroatoms. The van der Waals surface area contributed by atoms with Gasteiger partial charge >= 0.3 is 0 Å². The monoisotopic (exact) mass is 358 g/mol. The van der Waals surface area contributed by atoms with Gasteiger partial charge in [0.2, 0.25) is 0 Å². The molecule has 26 heavy (non-hydrogen) atoms. The maximum absolute atomic E-state index is 13.2. The summed E-state index contributed by atoms with van der Waals surface area (Å²) in [6.07, 6.45) is 4.52. The highest BCUT2D eigenvalue weighted by atomic mass is 16.5. The van der Waals surface area contributed by atoms with Crippen LogP contribution in [-0.2, 0) is 22.5 Å². The molecule has 1 N–H and O–H groups in total. The van der Waals surface area contributed by atoms with E-state index in [-0.39, 0.29) is 5.91 Å². The number of fused-ring (bicyclic) bond motifs is 1. The summed E-state index contributed by atoms with van der Waals surface area (Å²) < 4.78 is 11.8. The Morgan fingerprint density at radius 2 is 2.04 bits per heavy atom. The first-order valence-electron chi connectivity index (χ1n) is 9.62. The molecule has 1 aromatic heterocycles. The van der Waals surface area contributed by atoms with Crippen LogP contribution in [0.3, 0.4) is 0 Å². The van der Waals surface area contributed by atoms with Crippen LogP contribution in [0.1, 0.15) is 43.9 Å². The molecule has 0 bridgehead atoms. The van der Waals surface area contributed by atoms with Crippen molar-refractivity contribution in [2.45, 2.75) is 51.2 Å².